The summed E-state index contributed by atoms with van der Waals surface area (Å²) in [5.41, 5.74) is 0. The molecule has 2 unspecified atom stereocenters. The van der Waals surface area contributed by atoms with Crippen LogP contribution >= 0.6 is 0 Å². The van der Waals surface area contributed by atoms with Crippen molar-refractivity contribution in [3.8, 4) is 0 Å². The number of amides is 2. The molecule has 2 heterocycles. The highest BCUT2D eigenvalue weighted by molar-refractivity contribution is 5.96. The van der Waals surface area contributed by atoms with Crippen LogP contribution in [0.15, 0.2) is 18.5 Å². The molecule has 0 aromatic carbocycles. The molecular weight excluding hydrogens is 232 g/mol. The number of nitrogens with one attached hydrogen (secondary N) is 1. The Hall–Kier alpha value is -1.85. The summed E-state index contributed by atoms with van der Waals surface area (Å²) in [5.74, 6) is -0.0846. The molecule has 18 heavy (non-hydrogen) atoms. The Morgan fingerprint density at radius 1 is 1.39 bits per heavy atom. The molecule has 0 spiro atoms. The van der Waals surface area contributed by atoms with Gasteiger partial charge in [-0.05, 0) is 19.4 Å². The number of piperazine rings is 1. The lowest BCUT2D eigenvalue weighted by molar-refractivity contribution is -0.148. The molecule has 2 atom stereocenters. The highest BCUT2D eigenvalue weighted by atomic mass is 16.2. The molecule has 98 valence electrons. The second-order valence-electron chi connectivity index (χ2n) is 4.45. The molecule has 2 rings (SSSR count). The molecular formula is C12H18N4O2. The van der Waals surface area contributed by atoms with Crippen LogP contribution in [0.3, 0.4) is 0 Å². The lowest BCUT2D eigenvalue weighted by atomic mass is 10.1. The van der Waals surface area contributed by atoms with Gasteiger partial charge < -0.3 is 10.2 Å². The van der Waals surface area contributed by atoms with E-state index in [1.54, 1.807) is 22.7 Å². The van der Waals surface area contributed by atoms with Crippen LogP contribution in [0.2, 0.25) is 0 Å². The Bertz CT molecular complexity index is 429. The third-order valence-electron chi connectivity index (χ3n) is 3.28. The van der Waals surface area contributed by atoms with Crippen molar-refractivity contribution in [2.45, 2.75) is 38.9 Å². The van der Waals surface area contributed by atoms with Gasteiger partial charge in [0, 0.05) is 18.9 Å². The fourth-order valence-electron chi connectivity index (χ4n) is 2.11. The van der Waals surface area contributed by atoms with E-state index in [-0.39, 0.29) is 17.9 Å². The minimum absolute atomic E-state index is 0.00300. The molecule has 0 aliphatic carbocycles. The van der Waals surface area contributed by atoms with Gasteiger partial charge in [0.25, 0.3) is 0 Å². The van der Waals surface area contributed by atoms with E-state index in [1.165, 1.54) is 0 Å². The van der Waals surface area contributed by atoms with Crippen molar-refractivity contribution in [2.24, 2.45) is 0 Å². The first-order chi connectivity index (χ1) is 8.63. The second kappa shape index (κ2) is 5.20. The van der Waals surface area contributed by atoms with Crippen molar-refractivity contribution < 1.29 is 9.59 Å². The van der Waals surface area contributed by atoms with Crippen LogP contribution in [0.1, 0.15) is 20.3 Å². The molecule has 1 aromatic heterocycles. The van der Waals surface area contributed by atoms with E-state index in [2.05, 4.69) is 10.4 Å². The third-order valence-corrected chi connectivity index (χ3v) is 3.28. The molecule has 0 radical (unpaired) electrons. The van der Waals surface area contributed by atoms with Crippen LogP contribution in [0.25, 0.3) is 0 Å². The summed E-state index contributed by atoms with van der Waals surface area (Å²) >= 11 is 0. The van der Waals surface area contributed by atoms with E-state index in [4.69, 9.17) is 0 Å². The van der Waals surface area contributed by atoms with Crippen molar-refractivity contribution in [1.82, 2.24) is 20.0 Å². The fourth-order valence-corrected chi connectivity index (χ4v) is 2.11. The highest BCUT2D eigenvalue weighted by Gasteiger charge is 2.36. The lowest BCUT2D eigenvalue weighted by Gasteiger charge is -2.37. The maximum Gasteiger partial charge on any atom is 0.245 e. The Morgan fingerprint density at radius 2 is 2.17 bits per heavy atom. The summed E-state index contributed by atoms with van der Waals surface area (Å²) < 4.78 is 1.76. The normalized spacial score (nSPS) is 24.2. The highest BCUT2D eigenvalue weighted by Crippen LogP contribution is 2.11. The topological polar surface area (TPSA) is 67.2 Å². The molecule has 2 amide bonds. The van der Waals surface area contributed by atoms with Crippen LogP contribution in [0, 0.1) is 0 Å². The Kier molecular flexibility index (Phi) is 3.64. The number of hydrogen-bond donors (Lipinski definition) is 1. The number of nitrogens with zero attached hydrogens (tertiary/aromatic N) is 3. The maximum absolute atomic E-state index is 12.2. The van der Waals surface area contributed by atoms with E-state index >= 15 is 0 Å². The zero-order chi connectivity index (χ0) is 13.1. The number of aromatic nitrogens is 2. The Labute approximate surface area is 106 Å². The van der Waals surface area contributed by atoms with E-state index in [1.807, 2.05) is 19.2 Å². The first-order valence-electron chi connectivity index (χ1n) is 6.21. The average molecular weight is 250 g/mol. The lowest BCUT2D eigenvalue weighted by Crippen LogP contribution is -2.62. The van der Waals surface area contributed by atoms with Crippen LogP contribution in [0.5, 0.6) is 0 Å². The SMILES string of the molecule is CCC1NC(=O)C(C)N(CCn2cccn2)C1=O. The molecule has 1 aliphatic heterocycles. The van der Waals surface area contributed by atoms with Gasteiger partial charge in [-0.2, -0.15) is 5.10 Å². The molecule has 1 saturated heterocycles. The predicted octanol–water partition coefficient (Wildman–Crippen LogP) is 0.00860. The van der Waals surface area contributed by atoms with Gasteiger partial charge in [-0.1, -0.05) is 6.92 Å². The summed E-state index contributed by atoms with van der Waals surface area (Å²) in [6, 6.07) is 1.05. The average Bonchev–Trinajstić information content (AvgIpc) is 2.87. The number of carbonyl (C=O) groups is 2. The van der Waals surface area contributed by atoms with Gasteiger partial charge in [0.2, 0.25) is 11.8 Å². The van der Waals surface area contributed by atoms with Gasteiger partial charge in [-0.25, -0.2) is 0 Å². The summed E-state index contributed by atoms with van der Waals surface area (Å²) in [4.78, 5) is 25.5. The van der Waals surface area contributed by atoms with Crippen LogP contribution in [-0.4, -0.2) is 45.1 Å². The predicted molar refractivity (Wildman–Crippen MR) is 65.6 cm³/mol. The molecule has 0 saturated carbocycles. The first-order valence-corrected chi connectivity index (χ1v) is 6.21. The van der Waals surface area contributed by atoms with Gasteiger partial charge in [0.15, 0.2) is 0 Å². The van der Waals surface area contributed by atoms with Gasteiger partial charge in [-0.15, -0.1) is 0 Å². The standard InChI is InChI=1S/C12H18N4O2/c1-3-10-12(18)16(9(2)11(17)14-10)8-7-15-6-4-5-13-15/h4-6,9-10H,3,7-8H2,1-2H3,(H,14,17). The third kappa shape index (κ3) is 2.37. The van der Waals surface area contributed by atoms with Gasteiger partial charge in [0.1, 0.15) is 12.1 Å². The maximum atomic E-state index is 12.2. The monoisotopic (exact) mass is 250 g/mol. The van der Waals surface area contributed by atoms with Gasteiger partial charge in [-0.3, -0.25) is 14.3 Å². The molecule has 6 nitrogen and oxygen atoms in total. The summed E-state index contributed by atoms with van der Waals surface area (Å²) in [6.07, 6.45) is 4.16. The molecule has 1 fully saturated rings. The molecule has 6 heteroatoms. The minimum Gasteiger partial charge on any atom is -0.343 e. The van der Waals surface area contributed by atoms with E-state index in [9.17, 15) is 9.59 Å². The molecule has 1 N–H and O–H groups in total. The van der Waals surface area contributed by atoms with Crippen molar-refractivity contribution >= 4 is 11.8 Å². The Morgan fingerprint density at radius 3 is 2.78 bits per heavy atom. The van der Waals surface area contributed by atoms with Gasteiger partial charge >= 0.3 is 0 Å². The van der Waals surface area contributed by atoms with Crippen molar-refractivity contribution in [3.05, 3.63) is 18.5 Å². The Balaban J connectivity index is 2.03. The van der Waals surface area contributed by atoms with E-state index in [0.29, 0.717) is 19.5 Å². The fraction of sp³-hybridized carbons (Fsp3) is 0.583. The quantitative estimate of drug-likeness (QED) is 0.818. The summed E-state index contributed by atoms with van der Waals surface area (Å²) in [5, 5.41) is 6.82. The number of hydrogen-bond acceptors (Lipinski definition) is 3. The second-order valence-corrected chi connectivity index (χ2v) is 4.45. The smallest absolute Gasteiger partial charge is 0.245 e. The molecule has 1 aliphatic rings. The van der Waals surface area contributed by atoms with E-state index in [0.717, 1.165) is 0 Å². The number of rotatable bonds is 4. The summed E-state index contributed by atoms with van der Waals surface area (Å²) in [7, 11) is 0. The number of carbonyl (C=O) groups excluding carboxylic acids is 2. The van der Waals surface area contributed by atoms with Crippen molar-refractivity contribution in [2.75, 3.05) is 6.54 Å². The van der Waals surface area contributed by atoms with Crippen LogP contribution in [-0.2, 0) is 16.1 Å². The minimum atomic E-state index is -0.407. The zero-order valence-electron chi connectivity index (χ0n) is 10.7. The van der Waals surface area contributed by atoms with Crippen molar-refractivity contribution in [1.29, 1.82) is 0 Å². The first kappa shape index (κ1) is 12.6. The largest absolute Gasteiger partial charge is 0.343 e. The summed E-state index contributed by atoms with van der Waals surface area (Å²) in [6.45, 7) is 4.76. The van der Waals surface area contributed by atoms with Crippen LogP contribution < -0.4 is 5.32 Å². The van der Waals surface area contributed by atoms with E-state index < -0.39 is 6.04 Å². The zero-order valence-corrected chi connectivity index (χ0v) is 10.7. The molecule has 0 bridgehead atoms. The van der Waals surface area contributed by atoms with Crippen LogP contribution in [0.4, 0.5) is 0 Å². The van der Waals surface area contributed by atoms with Crippen molar-refractivity contribution in [3.63, 3.8) is 0 Å². The van der Waals surface area contributed by atoms with Gasteiger partial charge in [0.05, 0.1) is 6.54 Å². The molecule has 1 aromatic rings.